The van der Waals surface area contributed by atoms with Gasteiger partial charge in [0.1, 0.15) is 6.04 Å². The average Bonchev–Trinajstić information content (AvgIpc) is 2.96. The number of rotatable bonds is 5. The van der Waals surface area contributed by atoms with Crippen LogP contribution in [-0.2, 0) is 11.2 Å². The third-order valence-electron chi connectivity index (χ3n) is 3.73. The maximum atomic E-state index is 12.2. The van der Waals surface area contributed by atoms with Crippen LogP contribution in [0.25, 0.3) is 0 Å². The Hall–Kier alpha value is -2.08. The molecule has 0 spiro atoms. The lowest BCUT2D eigenvalue weighted by Crippen LogP contribution is -2.50. The first-order valence-electron chi connectivity index (χ1n) is 7.06. The summed E-state index contributed by atoms with van der Waals surface area (Å²) in [5, 5.41) is 21.0. The molecule has 1 fully saturated rings. The molecule has 0 aromatic heterocycles. The van der Waals surface area contributed by atoms with E-state index in [2.05, 4.69) is 5.32 Å². The van der Waals surface area contributed by atoms with E-state index in [1.54, 1.807) is 0 Å². The molecule has 114 valence electrons. The minimum Gasteiger partial charge on any atom is -0.480 e. The van der Waals surface area contributed by atoms with Crippen LogP contribution in [0.1, 0.15) is 18.4 Å². The number of aliphatic hydroxyl groups is 1. The molecule has 2 rings (SSSR count). The first kappa shape index (κ1) is 15.3. The molecular weight excluding hydrogens is 272 g/mol. The van der Waals surface area contributed by atoms with Crippen molar-refractivity contribution >= 4 is 12.0 Å². The summed E-state index contributed by atoms with van der Waals surface area (Å²) in [7, 11) is 0. The van der Waals surface area contributed by atoms with E-state index in [9.17, 15) is 19.8 Å². The minimum absolute atomic E-state index is 0.0934. The molecule has 1 heterocycles. The van der Waals surface area contributed by atoms with Crippen LogP contribution in [0.3, 0.4) is 0 Å². The van der Waals surface area contributed by atoms with Crippen LogP contribution >= 0.6 is 0 Å². The predicted molar refractivity (Wildman–Crippen MR) is 76.9 cm³/mol. The van der Waals surface area contributed by atoms with Gasteiger partial charge in [-0.05, 0) is 18.4 Å². The molecule has 0 saturated carbocycles. The Morgan fingerprint density at radius 1 is 1.33 bits per heavy atom. The van der Waals surface area contributed by atoms with Crippen LogP contribution in [0, 0.1) is 0 Å². The molecule has 1 saturated heterocycles. The highest BCUT2D eigenvalue weighted by Crippen LogP contribution is 2.16. The van der Waals surface area contributed by atoms with Crippen molar-refractivity contribution in [3.05, 3.63) is 35.9 Å². The Bertz CT molecular complexity index is 492. The number of hydrogen-bond acceptors (Lipinski definition) is 3. The van der Waals surface area contributed by atoms with Gasteiger partial charge in [-0.15, -0.1) is 0 Å². The lowest BCUT2D eigenvalue weighted by Gasteiger charge is -2.25. The van der Waals surface area contributed by atoms with Gasteiger partial charge in [0.05, 0.1) is 12.6 Å². The molecule has 0 bridgehead atoms. The highest BCUT2D eigenvalue weighted by Gasteiger charge is 2.30. The number of aliphatic carboxylic acids is 1. The van der Waals surface area contributed by atoms with Crippen molar-refractivity contribution < 1.29 is 19.8 Å². The number of benzene rings is 1. The zero-order valence-corrected chi connectivity index (χ0v) is 11.7. The quantitative estimate of drug-likeness (QED) is 0.750. The van der Waals surface area contributed by atoms with E-state index in [0.29, 0.717) is 6.54 Å². The van der Waals surface area contributed by atoms with E-state index in [1.165, 1.54) is 4.90 Å². The van der Waals surface area contributed by atoms with Crippen molar-refractivity contribution in [3.8, 4) is 0 Å². The summed E-state index contributed by atoms with van der Waals surface area (Å²) in [4.78, 5) is 25.0. The Morgan fingerprint density at radius 2 is 2.05 bits per heavy atom. The Labute approximate surface area is 123 Å². The van der Waals surface area contributed by atoms with Gasteiger partial charge in [-0.3, -0.25) is 0 Å². The normalized spacial score (nSPS) is 19.3. The third-order valence-corrected chi connectivity index (χ3v) is 3.73. The van der Waals surface area contributed by atoms with Crippen LogP contribution in [0.2, 0.25) is 0 Å². The van der Waals surface area contributed by atoms with E-state index < -0.39 is 18.0 Å². The molecule has 1 aromatic rings. The molecule has 6 nitrogen and oxygen atoms in total. The van der Waals surface area contributed by atoms with Gasteiger partial charge in [-0.1, -0.05) is 30.3 Å². The second kappa shape index (κ2) is 7.08. The molecule has 21 heavy (non-hydrogen) atoms. The van der Waals surface area contributed by atoms with Crippen molar-refractivity contribution in [1.29, 1.82) is 0 Å². The summed E-state index contributed by atoms with van der Waals surface area (Å²) in [6.45, 7) is 0.457. The molecule has 3 N–H and O–H groups in total. The minimum atomic E-state index is -1.06. The third kappa shape index (κ3) is 3.95. The molecule has 2 amide bonds. The molecule has 0 radical (unpaired) electrons. The van der Waals surface area contributed by atoms with E-state index >= 15 is 0 Å². The Kier molecular flexibility index (Phi) is 5.16. The molecule has 6 heteroatoms. The second-order valence-electron chi connectivity index (χ2n) is 5.20. The fraction of sp³-hybridized carbons (Fsp3) is 0.467. The van der Waals surface area contributed by atoms with Gasteiger partial charge in [0.2, 0.25) is 0 Å². The number of amides is 2. The van der Waals surface area contributed by atoms with Gasteiger partial charge < -0.3 is 20.4 Å². The number of carbonyl (C=O) groups is 2. The van der Waals surface area contributed by atoms with Crippen molar-refractivity contribution in [2.24, 2.45) is 0 Å². The highest BCUT2D eigenvalue weighted by molar-refractivity contribution is 5.83. The predicted octanol–water partition coefficient (Wildman–Crippen LogP) is 0.849. The monoisotopic (exact) mass is 292 g/mol. The summed E-state index contributed by atoms with van der Waals surface area (Å²) in [6, 6.07) is 7.57. The van der Waals surface area contributed by atoms with E-state index in [1.807, 2.05) is 30.3 Å². The summed E-state index contributed by atoms with van der Waals surface area (Å²) in [6.07, 6.45) is 1.81. The number of urea groups is 1. The highest BCUT2D eigenvalue weighted by atomic mass is 16.4. The zero-order chi connectivity index (χ0) is 15.2. The summed E-state index contributed by atoms with van der Waals surface area (Å²) in [5.74, 6) is -1.06. The number of carboxylic acids is 1. The zero-order valence-electron chi connectivity index (χ0n) is 11.7. The van der Waals surface area contributed by atoms with Crippen LogP contribution in [0.5, 0.6) is 0 Å². The van der Waals surface area contributed by atoms with E-state index in [0.717, 1.165) is 18.4 Å². The maximum Gasteiger partial charge on any atom is 0.326 e. The van der Waals surface area contributed by atoms with Crippen molar-refractivity contribution in [1.82, 2.24) is 10.2 Å². The van der Waals surface area contributed by atoms with Gasteiger partial charge in [-0.25, -0.2) is 9.59 Å². The van der Waals surface area contributed by atoms with E-state index in [-0.39, 0.29) is 19.1 Å². The Morgan fingerprint density at radius 3 is 2.67 bits per heavy atom. The van der Waals surface area contributed by atoms with Crippen LogP contribution in [0.4, 0.5) is 4.79 Å². The SMILES string of the molecule is O=C(O)[C@H](Cc1ccccc1)NC(=O)N1CCCC1CO. The lowest BCUT2D eigenvalue weighted by molar-refractivity contribution is -0.139. The Balaban J connectivity index is 1.99. The smallest absolute Gasteiger partial charge is 0.326 e. The van der Waals surface area contributed by atoms with Gasteiger partial charge in [0, 0.05) is 13.0 Å². The number of nitrogens with one attached hydrogen (secondary N) is 1. The summed E-state index contributed by atoms with van der Waals surface area (Å²) in [5.41, 5.74) is 0.852. The molecule has 1 aliphatic rings. The van der Waals surface area contributed by atoms with Crippen molar-refractivity contribution in [3.63, 3.8) is 0 Å². The standard InChI is InChI=1S/C15H20N2O4/c18-10-12-7-4-8-17(12)15(21)16-13(14(19)20)9-11-5-2-1-3-6-11/h1-3,5-6,12-13,18H,4,7-10H2,(H,16,21)(H,19,20)/t12?,13-/m0/s1. The second-order valence-corrected chi connectivity index (χ2v) is 5.20. The van der Waals surface area contributed by atoms with E-state index in [4.69, 9.17) is 0 Å². The van der Waals surface area contributed by atoms with Gasteiger partial charge in [0.15, 0.2) is 0 Å². The van der Waals surface area contributed by atoms with Crippen LogP contribution in [-0.4, -0.2) is 52.3 Å². The lowest BCUT2D eigenvalue weighted by atomic mass is 10.1. The number of aliphatic hydroxyl groups excluding tert-OH is 1. The van der Waals surface area contributed by atoms with Crippen LogP contribution in [0.15, 0.2) is 30.3 Å². The molecule has 2 atom stereocenters. The fourth-order valence-corrected chi connectivity index (χ4v) is 2.57. The van der Waals surface area contributed by atoms with Crippen molar-refractivity contribution in [2.75, 3.05) is 13.2 Å². The number of hydrogen-bond donors (Lipinski definition) is 3. The average molecular weight is 292 g/mol. The summed E-state index contributed by atoms with van der Waals surface area (Å²) >= 11 is 0. The number of likely N-dealkylation sites (tertiary alicyclic amines) is 1. The first-order valence-corrected chi connectivity index (χ1v) is 7.06. The largest absolute Gasteiger partial charge is 0.480 e. The topological polar surface area (TPSA) is 89.9 Å². The molecule has 1 aromatic carbocycles. The number of nitrogens with zero attached hydrogens (tertiary/aromatic N) is 1. The van der Waals surface area contributed by atoms with Crippen molar-refractivity contribution in [2.45, 2.75) is 31.3 Å². The molecular formula is C15H20N2O4. The van der Waals surface area contributed by atoms with Crippen LogP contribution < -0.4 is 5.32 Å². The summed E-state index contributed by atoms with van der Waals surface area (Å²) < 4.78 is 0. The van der Waals surface area contributed by atoms with Gasteiger partial charge >= 0.3 is 12.0 Å². The number of carbonyl (C=O) groups excluding carboxylic acids is 1. The van der Waals surface area contributed by atoms with Gasteiger partial charge in [-0.2, -0.15) is 0 Å². The fourth-order valence-electron chi connectivity index (χ4n) is 2.57. The maximum absolute atomic E-state index is 12.2. The molecule has 1 aliphatic heterocycles. The number of carboxylic acid groups (broad SMARTS) is 1. The molecule has 0 aliphatic carbocycles. The molecule has 1 unspecified atom stereocenters. The first-order chi connectivity index (χ1) is 10.1. The van der Waals surface area contributed by atoms with Gasteiger partial charge in [0.25, 0.3) is 0 Å².